The van der Waals surface area contributed by atoms with E-state index in [-0.39, 0.29) is 12.5 Å². The normalized spacial score (nSPS) is 19.6. The number of nitrogens with one attached hydrogen (secondary N) is 1. The summed E-state index contributed by atoms with van der Waals surface area (Å²) in [5.41, 5.74) is 1.81. The number of aliphatic hydroxyl groups is 1. The predicted molar refractivity (Wildman–Crippen MR) is 113 cm³/mol. The first-order valence-electron chi connectivity index (χ1n) is 10.3. The second-order valence-electron chi connectivity index (χ2n) is 7.60. The summed E-state index contributed by atoms with van der Waals surface area (Å²) in [5.74, 6) is 0.711. The summed E-state index contributed by atoms with van der Waals surface area (Å²) >= 11 is 0. The highest BCUT2D eigenvalue weighted by atomic mass is 16.3. The highest BCUT2D eigenvalue weighted by Gasteiger charge is 2.30. The fourth-order valence-corrected chi connectivity index (χ4v) is 3.91. The number of aromatic nitrogens is 1. The largest absolute Gasteiger partial charge is 0.394 e. The third-order valence-corrected chi connectivity index (χ3v) is 5.36. The van der Waals surface area contributed by atoms with Gasteiger partial charge in [-0.1, -0.05) is 6.42 Å². The molecule has 1 amide bonds. The van der Waals surface area contributed by atoms with Gasteiger partial charge in [-0.05, 0) is 57.5 Å². The number of carbonyl (C=O) groups excluding carboxylic acids is 1. The van der Waals surface area contributed by atoms with Gasteiger partial charge in [-0.3, -0.25) is 14.8 Å². The van der Waals surface area contributed by atoms with Crippen molar-refractivity contribution in [1.29, 1.82) is 0 Å². The molecule has 1 fully saturated rings. The Balaban J connectivity index is 1.81. The Morgan fingerprint density at radius 1 is 1.43 bits per heavy atom. The second kappa shape index (κ2) is 11.9. The monoisotopic (exact) mass is 389 g/mol. The summed E-state index contributed by atoms with van der Waals surface area (Å²) in [7, 11) is 4.27. The smallest absolute Gasteiger partial charge is 0.236 e. The molecular weight excluding hydrogens is 354 g/mol. The van der Waals surface area contributed by atoms with Gasteiger partial charge in [-0.25, -0.2) is 0 Å². The highest BCUT2D eigenvalue weighted by Crippen LogP contribution is 2.29. The summed E-state index contributed by atoms with van der Waals surface area (Å²) in [4.78, 5) is 25.4. The third-order valence-electron chi connectivity index (χ3n) is 5.36. The van der Waals surface area contributed by atoms with E-state index in [2.05, 4.69) is 34.3 Å². The van der Waals surface area contributed by atoms with Crippen LogP contribution in [0.15, 0.2) is 23.3 Å². The minimum Gasteiger partial charge on any atom is -0.394 e. The van der Waals surface area contributed by atoms with Crippen LogP contribution in [0.5, 0.6) is 0 Å². The molecule has 2 N–H and O–H groups in total. The van der Waals surface area contributed by atoms with Crippen LogP contribution in [0.1, 0.15) is 37.4 Å². The van der Waals surface area contributed by atoms with E-state index in [1.807, 2.05) is 24.0 Å². The van der Waals surface area contributed by atoms with Crippen LogP contribution in [0.3, 0.4) is 0 Å². The predicted octanol–water partition coefficient (Wildman–Crippen LogP) is 1.16. The first-order chi connectivity index (χ1) is 13.5. The van der Waals surface area contributed by atoms with Gasteiger partial charge in [0.15, 0.2) is 0 Å². The maximum Gasteiger partial charge on any atom is 0.236 e. The van der Waals surface area contributed by atoms with Crippen molar-refractivity contribution in [3.8, 4) is 0 Å². The van der Waals surface area contributed by atoms with Crippen molar-refractivity contribution in [3.63, 3.8) is 0 Å². The molecule has 2 atom stereocenters. The summed E-state index contributed by atoms with van der Waals surface area (Å²) in [5, 5.41) is 12.0. The number of pyridine rings is 1. The minimum atomic E-state index is 0.0438. The summed E-state index contributed by atoms with van der Waals surface area (Å²) < 4.78 is 0. The molecule has 1 aromatic heterocycles. The van der Waals surface area contributed by atoms with Crippen LogP contribution in [0.2, 0.25) is 0 Å². The Morgan fingerprint density at radius 3 is 2.96 bits per heavy atom. The zero-order valence-corrected chi connectivity index (χ0v) is 17.5. The second-order valence-corrected chi connectivity index (χ2v) is 7.60. The summed E-state index contributed by atoms with van der Waals surface area (Å²) in [6.45, 7) is 4.93. The lowest BCUT2D eigenvalue weighted by atomic mass is 10.0. The SMILES string of the molecule is CCN(C[C@@H]1CCC[C@@H]1N(C)C)C(=O)CNCc1cc(/C=N/CCO)ccn1. The van der Waals surface area contributed by atoms with Crippen LogP contribution < -0.4 is 5.32 Å². The van der Waals surface area contributed by atoms with Crippen LogP contribution >= 0.6 is 0 Å². The number of aliphatic hydroxyl groups excluding tert-OH is 1. The van der Waals surface area contributed by atoms with E-state index in [0.29, 0.717) is 31.6 Å². The molecule has 1 heterocycles. The van der Waals surface area contributed by atoms with E-state index in [1.54, 1.807) is 12.4 Å². The molecule has 0 bridgehead atoms. The van der Waals surface area contributed by atoms with Gasteiger partial charge in [0, 0.05) is 38.1 Å². The number of aliphatic imine (C=N–C) groups is 1. The average molecular weight is 390 g/mol. The van der Waals surface area contributed by atoms with E-state index < -0.39 is 0 Å². The molecule has 1 aromatic rings. The molecule has 28 heavy (non-hydrogen) atoms. The summed E-state index contributed by atoms with van der Waals surface area (Å²) in [6, 6.07) is 4.39. The van der Waals surface area contributed by atoms with Crippen molar-refractivity contribution in [3.05, 3.63) is 29.6 Å². The highest BCUT2D eigenvalue weighted by molar-refractivity contribution is 5.79. The molecule has 0 spiro atoms. The zero-order valence-electron chi connectivity index (χ0n) is 17.5. The van der Waals surface area contributed by atoms with E-state index in [9.17, 15) is 4.79 Å². The molecule has 1 saturated carbocycles. The molecule has 7 heteroatoms. The molecule has 0 unspecified atom stereocenters. The number of amides is 1. The Morgan fingerprint density at radius 2 is 2.25 bits per heavy atom. The van der Waals surface area contributed by atoms with Gasteiger partial charge >= 0.3 is 0 Å². The topological polar surface area (TPSA) is 81.1 Å². The molecule has 0 aliphatic heterocycles. The molecule has 0 saturated heterocycles. The number of hydrogen-bond donors (Lipinski definition) is 2. The van der Waals surface area contributed by atoms with E-state index in [4.69, 9.17) is 5.11 Å². The Bertz CT molecular complexity index is 635. The number of rotatable bonds is 11. The van der Waals surface area contributed by atoms with Gasteiger partial charge in [0.1, 0.15) is 0 Å². The number of nitrogens with zero attached hydrogens (tertiary/aromatic N) is 4. The lowest BCUT2D eigenvalue weighted by Crippen LogP contribution is -2.44. The first-order valence-corrected chi connectivity index (χ1v) is 10.3. The van der Waals surface area contributed by atoms with E-state index >= 15 is 0 Å². The van der Waals surface area contributed by atoms with Crippen molar-refractivity contribution in [1.82, 2.24) is 20.1 Å². The van der Waals surface area contributed by atoms with E-state index in [1.165, 1.54) is 19.3 Å². The molecule has 1 aliphatic carbocycles. The van der Waals surface area contributed by atoms with Crippen LogP contribution in [0.4, 0.5) is 0 Å². The first kappa shape index (κ1) is 22.5. The Hall–Kier alpha value is -1.83. The van der Waals surface area contributed by atoms with Gasteiger partial charge in [-0.15, -0.1) is 0 Å². The third kappa shape index (κ3) is 6.96. The van der Waals surface area contributed by atoms with E-state index in [0.717, 1.165) is 24.3 Å². The van der Waals surface area contributed by atoms with Crippen molar-refractivity contribution < 1.29 is 9.90 Å². The lowest BCUT2D eigenvalue weighted by Gasteiger charge is -2.31. The molecule has 0 aromatic carbocycles. The van der Waals surface area contributed by atoms with Gasteiger partial charge < -0.3 is 20.2 Å². The molecule has 156 valence electrons. The van der Waals surface area contributed by atoms with Crippen molar-refractivity contribution >= 4 is 12.1 Å². The van der Waals surface area contributed by atoms with Crippen LogP contribution in [0.25, 0.3) is 0 Å². The lowest BCUT2D eigenvalue weighted by molar-refractivity contribution is -0.130. The summed E-state index contributed by atoms with van der Waals surface area (Å²) in [6.07, 6.45) is 7.15. The van der Waals surface area contributed by atoms with Gasteiger partial charge in [0.05, 0.1) is 25.4 Å². The molecule has 0 radical (unpaired) electrons. The number of likely N-dealkylation sites (N-methyl/N-ethyl adjacent to an activating group) is 1. The van der Waals surface area contributed by atoms with Crippen molar-refractivity contribution in [2.45, 2.75) is 38.8 Å². The fraction of sp³-hybridized carbons (Fsp3) is 0.667. The minimum absolute atomic E-state index is 0.0438. The zero-order chi connectivity index (χ0) is 20.4. The molecular formula is C21H35N5O2. The maximum atomic E-state index is 12.7. The Kier molecular flexibility index (Phi) is 9.54. The standard InChI is InChI=1S/C21H35N5O2/c1-4-26(16-18-6-5-7-20(18)25(2)3)21(28)15-23-14-19-12-17(8-9-24-19)13-22-10-11-27/h8-9,12-13,18,20,23,27H,4-7,10-11,14-16H2,1-3H3/b22-13+/t18-,20-/m0/s1. The van der Waals surface area contributed by atoms with Crippen molar-refractivity contribution in [2.24, 2.45) is 10.9 Å². The average Bonchev–Trinajstić information content (AvgIpc) is 3.15. The number of carbonyl (C=O) groups is 1. The quantitative estimate of drug-likeness (QED) is 0.555. The Labute approximate surface area is 168 Å². The molecule has 1 aliphatic rings. The van der Waals surface area contributed by atoms with Gasteiger partial charge in [-0.2, -0.15) is 0 Å². The van der Waals surface area contributed by atoms with Gasteiger partial charge in [0.25, 0.3) is 0 Å². The van der Waals surface area contributed by atoms with Gasteiger partial charge in [0.2, 0.25) is 5.91 Å². The van der Waals surface area contributed by atoms with Crippen LogP contribution in [-0.4, -0.2) is 84.9 Å². The molecule has 7 nitrogen and oxygen atoms in total. The van der Waals surface area contributed by atoms with Crippen LogP contribution in [0, 0.1) is 5.92 Å². The molecule has 2 rings (SSSR count). The van der Waals surface area contributed by atoms with Crippen LogP contribution in [-0.2, 0) is 11.3 Å². The van der Waals surface area contributed by atoms with Crippen molar-refractivity contribution in [2.75, 3.05) is 46.9 Å². The number of hydrogen-bond acceptors (Lipinski definition) is 6. The maximum absolute atomic E-state index is 12.7. The fourth-order valence-electron chi connectivity index (χ4n) is 3.91.